The van der Waals surface area contributed by atoms with E-state index in [1.807, 2.05) is 0 Å². The number of Topliss-reactive ketones (excluding diaryl/α,β-unsaturated/α-hetero) is 1. The van der Waals surface area contributed by atoms with Gasteiger partial charge in [-0.15, -0.1) is 0 Å². The number of rotatable bonds is 3. The van der Waals surface area contributed by atoms with Crippen LogP contribution in [-0.4, -0.2) is 25.6 Å². The predicted octanol–water partition coefficient (Wildman–Crippen LogP) is -1.17. The number of aliphatic hydroxyl groups excluding tert-OH is 1. The molecule has 0 aliphatic carbocycles. The van der Waals surface area contributed by atoms with Gasteiger partial charge in [0.2, 0.25) is 10.0 Å². The van der Waals surface area contributed by atoms with Crippen LogP contribution in [0.2, 0.25) is 0 Å². The van der Waals surface area contributed by atoms with Gasteiger partial charge in [-0.1, -0.05) is 0 Å². The number of carbonyl (C=O) groups is 2. The van der Waals surface area contributed by atoms with E-state index in [1.165, 1.54) is 0 Å². The minimum Gasteiger partial charge on any atom is -0.504 e. The van der Waals surface area contributed by atoms with Gasteiger partial charge in [-0.05, 0) is 0 Å². The third kappa shape index (κ3) is 2.44. The van der Waals surface area contributed by atoms with Crippen molar-refractivity contribution in [1.29, 1.82) is 0 Å². The molecule has 3 N–H and O–H groups in total. The molecule has 0 saturated carbocycles. The SMILES string of the molecule is CC(=O)C(=C(O)C=O)S(N)(=O)=O. The fourth-order valence-corrected chi connectivity index (χ4v) is 1.32. The highest BCUT2D eigenvalue weighted by Crippen LogP contribution is 2.06. The summed E-state index contributed by atoms with van der Waals surface area (Å²) in [6.45, 7) is 0.874. The Bertz CT molecular complexity index is 339. The minimum absolute atomic E-state index is 0.166. The van der Waals surface area contributed by atoms with E-state index in [-0.39, 0.29) is 6.29 Å². The molecule has 0 fully saturated rings. The zero-order chi connectivity index (χ0) is 9.94. The van der Waals surface area contributed by atoms with Crippen molar-refractivity contribution in [3.8, 4) is 0 Å². The number of carbonyl (C=O) groups excluding carboxylic acids is 2. The number of aldehydes is 1. The Kier molecular flexibility index (Phi) is 3.11. The predicted molar refractivity (Wildman–Crippen MR) is 39.5 cm³/mol. The van der Waals surface area contributed by atoms with Gasteiger partial charge in [-0.2, -0.15) is 0 Å². The number of nitrogens with two attached hydrogens (primary N) is 1. The van der Waals surface area contributed by atoms with Gasteiger partial charge in [-0.3, -0.25) is 9.59 Å². The van der Waals surface area contributed by atoms with Crippen LogP contribution in [0.5, 0.6) is 0 Å². The van der Waals surface area contributed by atoms with Crippen molar-refractivity contribution in [3.05, 3.63) is 10.7 Å². The molecule has 0 aromatic carbocycles. The van der Waals surface area contributed by atoms with Crippen molar-refractivity contribution in [3.63, 3.8) is 0 Å². The van der Waals surface area contributed by atoms with Crippen LogP contribution in [-0.2, 0) is 19.6 Å². The third-order valence-electron chi connectivity index (χ3n) is 0.949. The van der Waals surface area contributed by atoms with E-state index in [1.54, 1.807) is 0 Å². The molecule has 0 unspecified atom stereocenters. The first-order valence-corrected chi connectivity index (χ1v) is 4.27. The fourth-order valence-electron chi connectivity index (χ4n) is 0.580. The molecule has 0 spiro atoms. The molecule has 0 aromatic heterocycles. The van der Waals surface area contributed by atoms with E-state index in [4.69, 9.17) is 5.11 Å². The lowest BCUT2D eigenvalue weighted by molar-refractivity contribution is -0.114. The molecule has 0 radical (unpaired) electrons. The van der Waals surface area contributed by atoms with E-state index in [9.17, 15) is 18.0 Å². The minimum atomic E-state index is -4.33. The van der Waals surface area contributed by atoms with Crippen molar-refractivity contribution >= 4 is 22.1 Å². The Hall–Kier alpha value is -1.21. The lowest BCUT2D eigenvalue weighted by Crippen LogP contribution is -2.21. The molecule has 0 heterocycles. The first-order valence-electron chi connectivity index (χ1n) is 2.73. The molecular formula is C5H7NO5S. The van der Waals surface area contributed by atoms with Crippen molar-refractivity contribution in [1.82, 2.24) is 0 Å². The largest absolute Gasteiger partial charge is 0.504 e. The normalized spacial score (nSPS) is 13.5. The highest BCUT2D eigenvalue weighted by Gasteiger charge is 2.22. The number of allylic oxidation sites excluding steroid dienone is 2. The number of aliphatic hydroxyl groups is 1. The van der Waals surface area contributed by atoms with Gasteiger partial charge < -0.3 is 5.11 Å². The molecule has 68 valence electrons. The topological polar surface area (TPSA) is 115 Å². The average molecular weight is 193 g/mol. The Labute approximate surface area is 68.7 Å². The zero-order valence-electron chi connectivity index (χ0n) is 6.14. The molecule has 12 heavy (non-hydrogen) atoms. The zero-order valence-corrected chi connectivity index (χ0v) is 6.96. The molecule has 0 aromatic rings. The van der Waals surface area contributed by atoms with E-state index in [2.05, 4.69) is 5.14 Å². The third-order valence-corrected chi connectivity index (χ3v) is 2.01. The van der Waals surface area contributed by atoms with E-state index < -0.39 is 26.5 Å². The van der Waals surface area contributed by atoms with Crippen LogP contribution in [0.25, 0.3) is 0 Å². The van der Waals surface area contributed by atoms with E-state index in [0.29, 0.717) is 0 Å². The van der Waals surface area contributed by atoms with Crippen molar-refractivity contribution in [2.75, 3.05) is 0 Å². The second-order valence-electron chi connectivity index (χ2n) is 1.93. The van der Waals surface area contributed by atoms with Crippen LogP contribution in [0.1, 0.15) is 6.92 Å². The number of hydrogen-bond acceptors (Lipinski definition) is 5. The molecule has 0 rings (SSSR count). The Balaban J connectivity index is 5.53. The maximum absolute atomic E-state index is 10.6. The second-order valence-corrected chi connectivity index (χ2v) is 3.43. The summed E-state index contributed by atoms with van der Waals surface area (Å²) in [4.78, 5) is 19.4. The molecule has 0 aliphatic rings. The molecule has 0 bridgehead atoms. The van der Waals surface area contributed by atoms with Crippen molar-refractivity contribution in [2.24, 2.45) is 5.14 Å². The van der Waals surface area contributed by atoms with Gasteiger partial charge in [-0.25, -0.2) is 13.6 Å². The van der Waals surface area contributed by atoms with Crippen LogP contribution in [0.4, 0.5) is 0 Å². The summed E-state index contributed by atoms with van der Waals surface area (Å²) in [5.41, 5.74) is 0. The molecule has 0 aliphatic heterocycles. The highest BCUT2D eigenvalue weighted by atomic mass is 32.2. The molecule has 6 nitrogen and oxygen atoms in total. The number of hydrogen-bond donors (Lipinski definition) is 2. The molecule has 7 heteroatoms. The van der Waals surface area contributed by atoms with Crippen LogP contribution in [0.3, 0.4) is 0 Å². The summed E-state index contributed by atoms with van der Waals surface area (Å²) in [7, 11) is -4.33. The summed E-state index contributed by atoms with van der Waals surface area (Å²) in [5, 5.41) is 13.2. The number of ketones is 1. The molecular weight excluding hydrogens is 186 g/mol. The van der Waals surface area contributed by atoms with Crippen molar-refractivity contribution < 1.29 is 23.1 Å². The smallest absolute Gasteiger partial charge is 0.245 e. The van der Waals surface area contributed by atoms with E-state index >= 15 is 0 Å². The fraction of sp³-hybridized carbons (Fsp3) is 0.200. The van der Waals surface area contributed by atoms with Gasteiger partial charge in [0.25, 0.3) is 0 Å². The standard InChI is InChI=1S/C5H7NO5S/c1-3(8)5(4(9)2-7)12(6,10)11/h2,9H,1H3,(H2,6,10,11). The molecule has 0 amide bonds. The Morgan fingerprint density at radius 1 is 1.50 bits per heavy atom. The first kappa shape index (κ1) is 10.8. The average Bonchev–Trinajstić information content (AvgIpc) is 1.83. The maximum Gasteiger partial charge on any atom is 0.245 e. The quantitative estimate of drug-likeness (QED) is 0.333. The van der Waals surface area contributed by atoms with Crippen LogP contribution >= 0.6 is 0 Å². The summed E-state index contributed by atoms with van der Waals surface area (Å²) in [6, 6.07) is 0. The summed E-state index contributed by atoms with van der Waals surface area (Å²) in [6.07, 6.45) is -0.166. The molecule has 0 saturated heterocycles. The van der Waals surface area contributed by atoms with E-state index in [0.717, 1.165) is 6.92 Å². The van der Waals surface area contributed by atoms with Gasteiger partial charge in [0.1, 0.15) is 0 Å². The summed E-state index contributed by atoms with van der Waals surface area (Å²) in [5.74, 6) is -2.16. The van der Waals surface area contributed by atoms with Gasteiger partial charge in [0.05, 0.1) is 0 Å². The van der Waals surface area contributed by atoms with Crippen LogP contribution in [0.15, 0.2) is 10.7 Å². The lowest BCUT2D eigenvalue weighted by Gasteiger charge is -1.99. The Morgan fingerprint density at radius 3 is 2.00 bits per heavy atom. The van der Waals surface area contributed by atoms with Crippen LogP contribution < -0.4 is 5.14 Å². The lowest BCUT2D eigenvalue weighted by atomic mass is 10.3. The van der Waals surface area contributed by atoms with Gasteiger partial charge in [0.15, 0.2) is 22.7 Å². The van der Waals surface area contributed by atoms with Gasteiger partial charge in [0, 0.05) is 6.92 Å². The number of sulfonamides is 1. The number of primary sulfonamides is 1. The highest BCUT2D eigenvalue weighted by molar-refractivity contribution is 7.94. The second kappa shape index (κ2) is 3.46. The first-order chi connectivity index (χ1) is 5.30. The van der Waals surface area contributed by atoms with Crippen molar-refractivity contribution in [2.45, 2.75) is 6.92 Å². The monoisotopic (exact) mass is 193 g/mol. The molecule has 0 atom stereocenters. The summed E-state index contributed by atoms with van der Waals surface area (Å²) < 4.78 is 21.1. The maximum atomic E-state index is 10.6. The van der Waals surface area contributed by atoms with Gasteiger partial charge >= 0.3 is 0 Å². The Morgan fingerprint density at radius 2 is 1.92 bits per heavy atom. The summed E-state index contributed by atoms with van der Waals surface area (Å²) >= 11 is 0. The van der Waals surface area contributed by atoms with Crippen LogP contribution in [0, 0.1) is 0 Å².